The summed E-state index contributed by atoms with van der Waals surface area (Å²) in [6.07, 6.45) is 8.85. The van der Waals surface area contributed by atoms with Gasteiger partial charge >= 0.3 is 0 Å². The highest BCUT2D eigenvalue weighted by Crippen LogP contribution is 2.45. The first-order chi connectivity index (χ1) is 37.6. The molecule has 82 heavy (non-hydrogen) atoms. The summed E-state index contributed by atoms with van der Waals surface area (Å²) in [5.41, 5.74) is 25.1. The summed E-state index contributed by atoms with van der Waals surface area (Å²) in [5.74, 6) is 0. The maximum atomic E-state index is 11.9. The van der Waals surface area contributed by atoms with E-state index in [4.69, 9.17) is 9.97 Å². The Morgan fingerprint density at radius 2 is 0.524 bits per heavy atom. The van der Waals surface area contributed by atoms with E-state index in [9.17, 15) is 5.11 Å². The smallest absolute Gasteiger partial charge is 0.0737 e. The zero-order chi connectivity index (χ0) is 60.4. The number of nitrogens with one attached hydrogen (secondary N) is 2. The van der Waals surface area contributed by atoms with Crippen LogP contribution in [0.5, 0.6) is 0 Å². The molecule has 430 valence electrons. The molecule has 5 heteroatoms. The van der Waals surface area contributed by atoms with Crippen molar-refractivity contribution in [1.29, 1.82) is 0 Å². The van der Waals surface area contributed by atoms with Crippen molar-refractivity contribution in [3.8, 4) is 44.5 Å². The molecule has 0 radical (unpaired) electrons. The fourth-order valence-electron chi connectivity index (χ4n) is 11.2. The minimum atomic E-state index is -0.189. The number of aliphatic hydroxyl groups is 1. The molecule has 0 amide bonds. The van der Waals surface area contributed by atoms with Crippen LogP contribution in [-0.2, 0) is 49.9 Å². The predicted octanol–water partition coefficient (Wildman–Crippen LogP) is 21.2. The van der Waals surface area contributed by atoms with Crippen LogP contribution < -0.4 is 0 Å². The molecule has 3 aromatic heterocycles. The lowest BCUT2D eigenvalue weighted by molar-refractivity contribution is 0.283. The van der Waals surface area contributed by atoms with Crippen LogP contribution in [0.4, 0.5) is 0 Å². The molecule has 2 aliphatic heterocycles. The molecule has 5 nitrogen and oxygen atoms in total. The molecule has 5 heterocycles. The Kier molecular flexibility index (Phi) is 14.9. The van der Waals surface area contributed by atoms with Crippen LogP contribution >= 0.6 is 0 Å². The summed E-state index contributed by atoms with van der Waals surface area (Å²) in [6.45, 7) is 55.1. The van der Waals surface area contributed by atoms with Gasteiger partial charge in [-0.25, -0.2) is 9.97 Å². The van der Waals surface area contributed by atoms with Crippen LogP contribution in [0.3, 0.4) is 0 Å². The van der Waals surface area contributed by atoms with E-state index in [0.29, 0.717) is 0 Å². The standard InChI is InChI=1S/C77H96N4O/c1-70(2,3)50-31-45(32-51(40-50)71(4,5)6)65-58-25-26-59(78-58)66(46-33-52(72(7,8)9)41-53(34-46)73(10,11)12)61-29-30-63(80-61)68(48-37-56(76(19,20)21)43-57(38-48)77(22,23)24)69-49(44-82)39-64(81-69)67(62-28-27-60(65)79-62)47-35-54(74(13,14)15)42-55(36-47)75(16,17)18/h25-43,78,81-82H,44H2,1-24H3. The van der Waals surface area contributed by atoms with Gasteiger partial charge in [-0.05, 0) is 153 Å². The van der Waals surface area contributed by atoms with Gasteiger partial charge in [0.2, 0.25) is 0 Å². The second kappa shape index (κ2) is 20.4. The Morgan fingerprint density at radius 1 is 0.293 bits per heavy atom. The van der Waals surface area contributed by atoms with Gasteiger partial charge in [-0.3, -0.25) is 0 Å². The molecule has 0 unspecified atom stereocenters. The van der Waals surface area contributed by atoms with E-state index in [-0.39, 0.29) is 49.9 Å². The second-order valence-electron chi connectivity index (χ2n) is 32.2. The third-order valence-corrected chi connectivity index (χ3v) is 16.9. The fourth-order valence-corrected chi connectivity index (χ4v) is 11.2. The molecule has 0 atom stereocenters. The lowest BCUT2D eigenvalue weighted by atomic mass is 9.78. The number of aromatic amines is 2. The number of H-pyrrole nitrogens is 2. The number of fused-ring (bicyclic) bond motifs is 8. The van der Waals surface area contributed by atoms with Gasteiger partial charge in [-0.1, -0.05) is 239 Å². The van der Waals surface area contributed by atoms with E-state index in [1.165, 1.54) is 44.5 Å². The maximum absolute atomic E-state index is 11.9. The predicted molar refractivity (Wildman–Crippen MR) is 356 cm³/mol. The number of hydrogen-bond donors (Lipinski definition) is 3. The quantitative estimate of drug-likeness (QED) is 0.161. The van der Waals surface area contributed by atoms with E-state index >= 15 is 0 Å². The van der Waals surface area contributed by atoms with Gasteiger partial charge < -0.3 is 15.1 Å². The highest BCUT2D eigenvalue weighted by Gasteiger charge is 2.30. The molecule has 0 spiro atoms. The summed E-state index contributed by atoms with van der Waals surface area (Å²) in [6, 6.07) is 35.3. The Hall–Kier alpha value is -6.56. The highest BCUT2D eigenvalue weighted by atomic mass is 16.3. The second-order valence-corrected chi connectivity index (χ2v) is 32.2. The van der Waals surface area contributed by atoms with Gasteiger partial charge in [-0.15, -0.1) is 0 Å². The zero-order valence-electron chi connectivity index (χ0n) is 54.5. The van der Waals surface area contributed by atoms with E-state index < -0.39 is 0 Å². The zero-order valence-corrected chi connectivity index (χ0v) is 54.5. The van der Waals surface area contributed by atoms with E-state index in [2.05, 4.69) is 291 Å². The monoisotopic (exact) mass is 1090 g/mol. The van der Waals surface area contributed by atoms with Crippen LogP contribution in [0, 0.1) is 0 Å². The number of aromatic nitrogens is 4. The Labute approximate surface area is 493 Å². The van der Waals surface area contributed by atoms with Gasteiger partial charge in [-0.2, -0.15) is 0 Å². The van der Waals surface area contributed by atoms with Crippen LogP contribution in [0.1, 0.15) is 239 Å². The molecule has 3 N–H and O–H groups in total. The minimum Gasteiger partial charge on any atom is -0.392 e. The van der Waals surface area contributed by atoms with Crippen molar-refractivity contribution >= 4 is 46.4 Å². The van der Waals surface area contributed by atoms with Crippen molar-refractivity contribution in [3.05, 3.63) is 164 Å². The molecule has 4 aromatic carbocycles. The van der Waals surface area contributed by atoms with Crippen LogP contribution in [0.2, 0.25) is 0 Å². The molecule has 7 aromatic rings. The summed E-state index contributed by atoms with van der Waals surface area (Å²) in [4.78, 5) is 19.9. The van der Waals surface area contributed by atoms with Gasteiger partial charge in [0.05, 0.1) is 34.9 Å². The minimum absolute atomic E-state index is 0.122. The van der Waals surface area contributed by atoms with Crippen molar-refractivity contribution in [2.45, 2.75) is 216 Å². The average molecular weight is 1090 g/mol. The number of rotatable bonds is 5. The van der Waals surface area contributed by atoms with Crippen LogP contribution in [-0.4, -0.2) is 25.0 Å². The number of nitrogens with zero attached hydrogens (tertiary/aromatic N) is 2. The first-order valence-electron chi connectivity index (χ1n) is 30.1. The summed E-state index contributed by atoms with van der Waals surface area (Å²) in [7, 11) is 0. The number of hydrogen-bond acceptors (Lipinski definition) is 3. The first-order valence-corrected chi connectivity index (χ1v) is 30.1. The van der Waals surface area contributed by atoms with Crippen molar-refractivity contribution in [2.75, 3.05) is 0 Å². The van der Waals surface area contributed by atoms with Crippen molar-refractivity contribution in [1.82, 2.24) is 19.9 Å². The van der Waals surface area contributed by atoms with Crippen LogP contribution in [0.15, 0.2) is 91.0 Å². The third kappa shape index (κ3) is 12.1. The van der Waals surface area contributed by atoms with Crippen molar-refractivity contribution in [3.63, 3.8) is 0 Å². The number of aliphatic hydroxyl groups excluding tert-OH is 1. The Balaban J connectivity index is 1.59. The fraction of sp³-hybridized carbons (Fsp3) is 0.429. The number of benzene rings is 4. The molecule has 0 aliphatic carbocycles. The molecule has 0 fully saturated rings. The summed E-state index contributed by atoms with van der Waals surface area (Å²) >= 11 is 0. The first kappa shape index (κ1) is 60.0. The normalized spacial score (nSPS) is 13.9. The molecule has 2 aliphatic rings. The van der Waals surface area contributed by atoms with Gasteiger partial charge in [0.25, 0.3) is 0 Å². The lowest BCUT2D eigenvalue weighted by Crippen LogP contribution is -2.16. The average Bonchev–Trinajstić information content (AvgIpc) is 4.07. The van der Waals surface area contributed by atoms with E-state index in [1.54, 1.807) is 0 Å². The molecule has 0 saturated heterocycles. The molecular formula is C77H96N4O. The molecule has 0 saturated carbocycles. The SMILES string of the molecule is CC(C)(C)c1cc(-c2c3nc(c(-c4cc(C(C)(C)C)cc(C(C)(C)C)c4)c4cc(CO)c([nH]4)c(-c4cc(C(C)(C)C)cc(C(C)(C)C)c4)c4nc(c(-c5cc(C(C)(C)C)cc(C(C)(C)C)c5)c5ccc2[nH]5)C=C4)C=C3)cc(C(C)(C)C)c1. The Bertz CT molecular complexity index is 3770. The van der Waals surface area contributed by atoms with Crippen molar-refractivity contribution in [2.24, 2.45) is 0 Å². The van der Waals surface area contributed by atoms with Gasteiger partial charge in [0.1, 0.15) is 0 Å². The van der Waals surface area contributed by atoms with Crippen molar-refractivity contribution < 1.29 is 5.11 Å². The highest BCUT2D eigenvalue weighted by molar-refractivity contribution is 6.01. The molecular weight excluding hydrogens is 997 g/mol. The molecule has 8 bridgehead atoms. The maximum Gasteiger partial charge on any atom is 0.0737 e. The Morgan fingerprint density at radius 3 is 0.768 bits per heavy atom. The third-order valence-electron chi connectivity index (χ3n) is 16.9. The van der Waals surface area contributed by atoms with Crippen LogP contribution in [0.25, 0.3) is 90.9 Å². The summed E-state index contributed by atoms with van der Waals surface area (Å²) < 4.78 is 0. The topological polar surface area (TPSA) is 77.6 Å². The van der Waals surface area contributed by atoms with E-state index in [1.807, 2.05) is 0 Å². The van der Waals surface area contributed by atoms with E-state index in [0.717, 1.165) is 94.9 Å². The lowest BCUT2D eigenvalue weighted by Gasteiger charge is -2.26. The van der Waals surface area contributed by atoms with Gasteiger partial charge in [0.15, 0.2) is 0 Å². The molecule has 9 rings (SSSR count). The largest absolute Gasteiger partial charge is 0.392 e. The van der Waals surface area contributed by atoms with Gasteiger partial charge in [0, 0.05) is 44.4 Å². The summed E-state index contributed by atoms with van der Waals surface area (Å²) in [5, 5.41) is 11.9.